The van der Waals surface area contributed by atoms with E-state index in [0.29, 0.717) is 5.92 Å². The summed E-state index contributed by atoms with van der Waals surface area (Å²) >= 11 is 18.8. The molecule has 0 aromatic heterocycles. The Hall–Kier alpha value is 1.09. The Morgan fingerprint density at radius 2 is 0.656 bits per heavy atom. The van der Waals surface area contributed by atoms with Crippen LogP contribution in [-0.2, 0) is 0 Å². The molecule has 0 fully saturated rings. The van der Waals surface area contributed by atoms with Crippen molar-refractivity contribution in [3.8, 4) is 0 Å². The fourth-order valence-corrected chi connectivity index (χ4v) is 7.90. The van der Waals surface area contributed by atoms with Gasteiger partial charge in [-0.3, -0.25) is 0 Å². The van der Waals surface area contributed by atoms with Crippen molar-refractivity contribution in [2.75, 3.05) is 0 Å². The first-order valence-electron chi connectivity index (χ1n) is 14.6. The van der Waals surface area contributed by atoms with Crippen LogP contribution in [0.25, 0.3) is 0 Å². The molecule has 0 heterocycles. The number of hydrogen-bond acceptors (Lipinski definition) is 0. The minimum atomic E-state index is -2.50. The van der Waals surface area contributed by atoms with E-state index in [0.717, 1.165) is 6.04 Å². The molecule has 4 heteroatoms. The molecule has 0 N–H and O–H groups in total. The summed E-state index contributed by atoms with van der Waals surface area (Å²) in [7, 11) is 0. The van der Waals surface area contributed by atoms with Gasteiger partial charge in [0.25, 0.3) is 0 Å². The molecular formula is C28H57Cl3Si. The predicted molar refractivity (Wildman–Crippen MR) is 154 cm³/mol. The van der Waals surface area contributed by atoms with Crippen molar-refractivity contribution in [3.05, 3.63) is 0 Å². The highest BCUT2D eigenvalue weighted by Gasteiger charge is 2.29. The third-order valence-corrected chi connectivity index (χ3v) is 9.38. The zero-order valence-corrected chi connectivity index (χ0v) is 25.2. The minimum Gasteiger partial charge on any atom is -0.126 e. The monoisotopic (exact) mass is 526 g/mol. The molecule has 0 amide bonds. The Bertz CT molecular complexity index is 357. The molecule has 0 aromatic carbocycles. The number of unbranched alkanes of at least 4 members (excludes halogenated alkanes) is 20. The molecule has 0 rings (SSSR count). The van der Waals surface area contributed by atoms with Crippen LogP contribution in [0.4, 0.5) is 0 Å². The van der Waals surface area contributed by atoms with E-state index in [9.17, 15) is 0 Å². The van der Waals surface area contributed by atoms with Crippen LogP contribution < -0.4 is 0 Å². The summed E-state index contributed by atoms with van der Waals surface area (Å²) in [4.78, 5) is 0. The maximum atomic E-state index is 6.27. The molecule has 0 saturated heterocycles. The van der Waals surface area contributed by atoms with Crippen molar-refractivity contribution in [2.45, 2.75) is 174 Å². The maximum absolute atomic E-state index is 6.27. The van der Waals surface area contributed by atoms with Crippen molar-refractivity contribution < 1.29 is 0 Å². The van der Waals surface area contributed by atoms with Crippen molar-refractivity contribution in [2.24, 2.45) is 5.92 Å². The van der Waals surface area contributed by atoms with Crippen LogP contribution in [0.15, 0.2) is 0 Å². The quantitative estimate of drug-likeness (QED) is 0.0595. The molecule has 32 heavy (non-hydrogen) atoms. The predicted octanol–water partition coefficient (Wildman–Crippen LogP) is 12.7. The van der Waals surface area contributed by atoms with E-state index in [4.69, 9.17) is 33.2 Å². The summed E-state index contributed by atoms with van der Waals surface area (Å²) in [5.74, 6) is 0.645. The Morgan fingerprint density at radius 3 is 0.906 bits per heavy atom. The van der Waals surface area contributed by atoms with Crippen LogP contribution in [0, 0.1) is 5.92 Å². The summed E-state index contributed by atoms with van der Waals surface area (Å²) in [5, 5.41) is 0. The van der Waals surface area contributed by atoms with Gasteiger partial charge in [0.05, 0.1) is 0 Å². The van der Waals surface area contributed by atoms with Crippen LogP contribution in [0.2, 0.25) is 6.04 Å². The molecule has 0 nitrogen and oxygen atoms in total. The lowest BCUT2D eigenvalue weighted by molar-refractivity contribution is 0.429. The summed E-state index contributed by atoms with van der Waals surface area (Å²) < 4.78 is 0. The zero-order valence-electron chi connectivity index (χ0n) is 21.9. The highest BCUT2D eigenvalue weighted by Crippen LogP contribution is 2.34. The molecule has 0 saturated carbocycles. The number of hydrogen-bond donors (Lipinski definition) is 0. The fraction of sp³-hybridized carbons (Fsp3) is 1.00. The Morgan fingerprint density at radius 1 is 0.406 bits per heavy atom. The van der Waals surface area contributed by atoms with Gasteiger partial charge in [-0.25, -0.2) is 0 Å². The normalized spacial score (nSPS) is 13.0. The lowest BCUT2D eigenvalue weighted by Crippen LogP contribution is -2.16. The van der Waals surface area contributed by atoms with Gasteiger partial charge in [-0.05, 0) is 12.0 Å². The van der Waals surface area contributed by atoms with E-state index >= 15 is 0 Å². The summed E-state index contributed by atoms with van der Waals surface area (Å²) in [6.45, 7) is 4.58. The minimum absolute atomic E-state index is 0.645. The molecule has 0 aliphatic heterocycles. The first kappa shape index (κ1) is 33.1. The van der Waals surface area contributed by atoms with Crippen molar-refractivity contribution in [3.63, 3.8) is 0 Å². The van der Waals surface area contributed by atoms with Crippen LogP contribution >= 0.6 is 33.2 Å². The first-order chi connectivity index (χ1) is 15.5. The van der Waals surface area contributed by atoms with Gasteiger partial charge in [0.1, 0.15) is 0 Å². The molecular weight excluding hydrogens is 471 g/mol. The average molecular weight is 528 g/mol. The first-order valence-corrected chi connectivity index (χ1v) is 19.8. The largest absolute Gasteiger partial charge is 0.341 e. The molecule has 0 radical (unpaired) electrons. The van der Waals surface area contributed by atoms with E-state index in [1.54, 1.807) is 0 Å². The number of rotatable bonds is 26. The Labute approximate surface area is 218 Å². The summed E-state index contributed by atoms with van der Waals surface area (Å²) in [6.07, 6.45) is 33.5. The summed E-state index contributed by atoms with van der Waals surface area (Å²) in [5.41, 5.74) is 0. The van der Waals surface area contributed by atoms with Gasteiger partial charge >= 0.3 is 6.00 Å². The summed E-state index contributed by atoms with van der Waals surface area (Å²) in [6, 6.07) is -1.63. The van der Waals surface area contributed by atoms with E-state index in [-0.39, 0.29) is 0 Å². The van der Waals surface area contributed by atoms with Crippen molar-refractivity contribution >= 4 is 39.2 Å². The van der Waals surface area contributed by atoms with E-state index in [1.807, 2.05) is 0 Å². The average Bonchev–Trinajstić information content (AvgIpc) is 2.74. The van der Waals surface area contributed by atoms with Crippen LogP contribution in [0.1, 0.15) is 168 Å². The molecule has 0 bridgehead atoms. The van der Waals surface area contributed by atoms with Crippen molar-refractivity contribution in [1.29, 1.82) is 0 Å². The molecule has 0 aliphatic carbocycles. The van der Waals surface area contributed by atoms with Gasteiger partial charge in [0.15, 0.2) is 0 Å². The maximum Gasteiger partial charge on any atom is 0.341 e. The van der Waals surface area contributed by atoms with E-state index < -0.39 is 6.00 Å². The van der Waals surface area contributed by atoms with Gasteiger partial charge in [-0.15, -0.1) is 33.2 Å². The number of halogens is 3. The second kappa shape index (κ2) is 25.2. The van der Waals surface area contributed by atoms with Gasteiger partial charge in [0, 0.05) is 0 Å². The molecule has 1 unspecified atom stereocenters. The van der Waals surface area contributed by atoms with Gasteiger partial charge < -0.3 is 0 Å². The Kier molecular flexibility index (Phi) is 26.0. The van der Waals surface area contributed by atoms with Crippen molar-refractivity contribution in [1.82, 2.24) is 0 Å². The lowest BCUT2D eigenvalue weighted by atomic mass is 9.95. The fourth-order valence-electron chi connectivity index (χ4n) is 4.87. The Balaban J connectivity index is 3.62. The topological polar surface area (TPSA) is 0 Å². The highest BCUT2D eigenvalue weighted by molar-refractivity contribution is 7.64. The van der Waals surface area contributed by atoms with Crippen LogP contribution in [0.5, 0.6) is 0 Å². The van der Waals surface area contributed by atoms with Gasteiger partial charge in [-0.2, -0.15) is 0 Å². The zero-order chi connectivity index (χ0) is 23.8. The smallest absolute Gasteiger partial charge is 0.126 e. The molecule has 0 spiro atoms. The SMILES string of the molecule is CCCCCCCCCCCCCCCCC(CCCCCCCCCC)C[Si](Cl)(Cl)Cl. The van der Waals surface area contributed by atoms with Crippen LogP contribution in [0.3, 0.4) is 0 Å². The molecule has 0 aromatic rings. The lowest BCUT2D eigenvalue weighted by Gasteiger charge is -2.20. The third kappa shape index (κ3) is 27.3. The third-order valence-electron chi connectivity index (χ3n) is 6.95. The highest BCUT2D eigenvalue weighted by atomic mass is 35.8. The second-order valence-corrected chi connectivity index (χ2v) is 19.5. The van der Waals surface area contributed by atoms with Gasteiger partial charge in [-0.1, -0.05) is 168 Å². The van der Waals surface area contributed by atoms with E-state index in [1.165, 1.54) is 154 Å². The molecule has 0 aliphatic rings. The van der Waals surface area contributed by atoms with E-state index in [2.05, 4.69) is 13.8 Å². The van der Waals surface area contributed by atoms with Crippen LogP contribution in [-0.4, -0.2) is 6.00 Å². The molecule has 194 valence electrons. The van der Waals surface area contributed by atoms with Gasteiger partial charge in [0.2, 0.25) is 0 Å². The molecule has 1 atom stereocenters. The standard InChI is InChI=1S/C28H57Cl3Si/c1-3-5-7-9-11-13-14-15-16-17-18-20-22-24-26-28(27-32(29,30)31)25-23-21-19-12-10-8-6-4-2/h28H,3-27H2,1-2H3. The second-order valence-electron chi connectivity index (χ2n) is 10.3.